The molecule has 0 fully saturated rings. The van der Waals surface area contributed by atoms with E-state index in [0.717, 1.165) is 0 Å². The van der Waals surface area contributed by atoms with Gasteiger partial charge in [0.2, 0.25) is 0 Å². The number of phenolic OH excluding ortho intramolecular Hbond substituents is 1. The Balaban J connectivity index is 3.14. The van der Waals surface area contributed by atoms with Gasteiger partial charge in [0.1, 0.15) is 5.75 Å². The maximum atomic E-state index is 13.2. The molecular formula is C10H13FO3. The van der Waals surface area contributed by atoms with Crippen molar-refractivity contribution in [1.29, 1.82) is 0 Å². The average Bonchev–Trinajstić information content (AvgIpc) is 2.19. The van der Waals surface area contributed by atoms with E-state index in [9.17, 15) is 9.50 Å². The summed E-state index contributed by atoms with van der Waals surface area (Å²) in [6.07, 6.45) is 0. The third kappa shape index (κ3) is 1.96. The average molecular weight is 200 g/mol. The van der Waals surface area contributed by atoms with Gasteiger partial charge in [-0.05, 0) is 6.07 Å². The molecule has 78 valence electrons. The Labute approximate surface area is 81.8 Å². The Morgan fingerprint density at radius 3 is 2.64 bits per heavy atom. The summed E-state index contributed by atoms with van der Waals surface area (Å²) in [5.41, 5.74) is 0.380. The van der Waals surface area contributed by atoms with Gasteiger partial charge in [-0.1, -0.05) is 6.92 Å². The number of benzene rings is 1. The van der Waals surface area contributed by atoms with Crippen LogP contribution in [0.5, 0.6) is 11.5 Å². The van der Waals surface area contributed by atoms with E-state index < -0.39 is 5.82 Å². The molecule has 14 heavy (non-hydrogen) atoms. The van der Waals surface area contributed by atoms with Crippen LogP contribution in [0.25, 0.3) is 0 Å². The molecule has 0 saturated carbocycles. The van der Waals surface area contributed by atoms with Crippen molar-refractivity contribution in [2.24, 2.45) is 0 Å². The summed E-state index contributed by atoms with van der Waals surface area (Å²) in [5.74, 6) is -0.905. The van der Waals surface area contributed by atoms with Gasteiger partial charge in [-0.3, -0.25) is 0 Å². The van der Waals surface area contributed by atoms with Crippen LogP contribution in [-0.2, 0) is 0 Å². The molecule has 0 aromatic heterocycles. The predicted molar refractivity (Wildman–Crippen MR) is 50.1 cm³/mol. The summed E-state index contributed by atoms with van der Waals surface area (Å²) in [6, 6.07) is 2.38. The van der Waals surface area contributed by atoms with E-state index in [0.29, 0.717) is 5.56 Å². The minimum atomic E-state index is -0.541. The van der Waals surface area contributed by atoms with E-state index in [1.54, 1.807) is 6.92 Å². The molecule has 1 unspecified atom stereocenters. The Morgan fingerprint density at radius 1 is 1.50 bits per heavy atom. The molecule has 0 aliphatic heterocycles. The smallest absolute Gasteiger partial charge is 0.165 e. The second-order valence-corrected chi connectivity index (χ2v) is 3.13. The predicted octanol–water partition coefficient (Wildman–Crippen LogP) is 1.64. The number of methoxy groups -OCH3 is 1. The minimum absolute atomic E-state index is 0.00334. The molecule has 0 spiro atoms. The SMILES string of the molecule is COc1cc(O)c(C(C)CO)cc1F. The highest BCUT2D eigenvalue weighted by atomic mass is 19.1. The number of aliphatic hydroxyl groups excluding tert-OH is 1. The summed E-state index contributed by atoms with van der Waals surface area (Å²) in [4.78, 5) is 0. The van der Waals surface area contributed by atoms with E-state index in [2.05, 4.69) is 0 Å². The first kappa shape index (κ1) is 10.8. The highest BCUT2D eigenvalue weighted by Gasteiger charge is 2.14. The van der Waals surface area contributed by atoms with Gasteiger partial charge in [0.15, 0.2) is 11.6 Å². The van der Waals surface area contributed by atoms with E-state index in [1.807, 2.05) is 0 Å². The highest BCUT2D eigenvalue weighted by molar-refractivity contribution is 5.42. The molecule has 1 atom stereocenters. The molecule has 4 heteroatoms. The zero-order chi connectivity index (χ0) is 10.7. The van der Waals surface area contributed by atoms with Gasteiger partial charge in [0.05, 0.1) is 7.11 Å². The number of ether oxygens (including phenoxy) is 1. The zero-order valence-corrected chi connectivity index (χ0v) is 8.12. The molecule has 0 saturated heterocycles. The molecular weight excluding hydrogens is 187 g/mol. The van der Waals surface area contributed by atoms with Crippen molar-refractivity contribution in [1.82, 2.24) is 0 Å². The number of aliphatic hydroxyl groups is 1. The van der Waals surface area contributed by atoms with Gasteiger partial charge in [0.25, 0.3) is 0 Å². The van der Waals surface area contributed by atoms with Crippen LogP contribution in [0.2, 0.25) is 0 Å². The molecule has 0 amide bonds. The standard InChI is InChI=1S/C10H13FO3/c1-6(5-12)7-3-8(11)10(14-2)4-9(7)13/h3-4,6,12-13H,5H2,1-2H3. The fourth-order valence-corrected chi connectivity index (χ4v) is 1.21. The number of aromatic hydroxyl groups is 1. The lowest BCUT2D eigenvalue weighted by molar-refractivity contribution is 0.269. The number of phenols is 1. The third-order valence-corrected chi connectivity index (χ3v) is 2.11. The number of hydrogen-bond donors (Lipinski definition) is 2. The third-order valence-electron chi connectivity index (χ3n) is 2.11. The Kier molecular flexibility index (Phi) is 3.30. The van der Waals surface area contributed by atoms with E-state index in [4.69, 9.17) is 9.84 Å². The molecule has 0 bridgehead atoms. The normalized spacial score (nSPS) is 12.6. The maximum Gasteiger partial charge on any atom is 0.165 e. The second-order valence-electron chi connectivity index (χ2n) is 3.13. The molecule has 3 nitrogen and oxygen atoms in total. The van der Waals surface area contributed by atoms with E-state index in [-0.39, 0.29) is 24.0 Å². The van der Waals surface area contributed by atoms with Crippen LogP contribution in [-0.4, -0.2) is 23.9 Å². The lowest BCUT2D eigenvalue weighted by Gasteiger charge is -2.12. The quantitative estimate of drug-likeness (QED) is 0.779. The van der Waals surface area contributed by atoms with Crippen molar-refractivity contribution < 1.29 is 19.3 Å². The summed E-state index contributed by atoms with van der Waals surface area (Å²) >= 11 is 0. The number of halogens is 1. The number of hydrogen-bond acceptors (Lipinski definition) is 3. The van der Waals surface area contributed by atoms with Crippen molar-refractivity contribution in [2.75, 3.05) is 13.7 Å². The first-order valence-corrected chi connectivity index (χ1v) is 4.27. The molecule has 0 radical (unpaired) electrons. The highest BCUT2D eigenvalue weighted by Crippen LogP contribution is 2.31. The Hall–Kier alpha value is -1.29. The topological polar surface area (TPSA) is 49.7 Å². The molecule has 0 heterocycles. The number of rotatable bonds is 3. The van der Waals surface area contributed by atoms with Gasteiger partial charge >= 0.3 is 0 Å². The van der Waals surface area contributed by atoms with E-state index in [1.165, 1.54) is 19.2 Å². The van der Waals surface area contributed by atoms with Crippen molar-refractivity contribution in [3.63, 3.8) is 0 Å². The molecule has 2 N–H and O–H groups in total. The van der Waals surface area contributed by atoms with Gasteiger partial charge in [0, 0.05) is 24.2 Å². The van der Waals surface area contributed by atoms with Crippen LogP contribution in [0.3, 0.4) is 0 Å². The van der Waals surface area contributed by atoms with Gasteiger partial charge in [-0.25, -0.2) is 4.39 Å². The fraction of sp³-hybridized carbons (Fsp3) is 0.400. The van der Waals surface area contributed by atoms with Gasteiger partial charge in [-0.15, -0.1) is 0 Å². The van der Waals surface area contributed by atoms with Gasteiger partial charge in [-0.2, -0.15) is 0 Å². The van der Waals surface area contributed by atoms with Crippen LogP contribution in [0.1, 0.15) is 18.4 Å². The molecule has 1 aromatic carbocycles. The van der Waals surface area contributed by atoms with Crippen LogP contribution in [0, 0.1) is 5.82 Å². The Morgan fingerprint density at radius 2 is 2.14 bits per heavy atom. The zero-order valence-electron chi connectivity index (χ0n) is 8.12. The van der Waals surface area contributed by atoms with E-state index >= 15 is 0 Å². The Bertz CT molecular complexity index is 325. The van der Waals surface area contributed by atoms with Gasteiger partial charge < -0.3 is 14.9 Å². The molecule has 0 aliphatic rings. The monoisotopic (exact) mass is 200 g/mol. The first-order chi connectivity index (χ1) is 6.60. The van der Waals surface area contributed by atoms with Crippen LogP contribution >= 0.6 is 0 Å². The molecule has 1 rings (SSSR count). The van der Waals surface area contributed by atoms with Crippen LogP contribution in [0.4, 0.5) is 4.39 Å². The van der Waals surface area contributed by atoms with Crippen molar-refractivity contribution >= 4 is 0 Å². The van der Waals surface area contributed by atoms with Crippen LogP contribution < -0.4 is 4.74 Å². The molecule has 1 aromatic rings. The van der Waals surface area contributed by atoms with Crippen molar-refractivity contribution in [3.8, 4) is 11.5 Å². The minimum Gasteiger partial charge on any atom is -0.508 e. The summed E-state index contributed by atoms with van der Waals surface area (Å²) in [5, 5.41) is 18.4. The van der Waals surface area contributed by atoms with Crippen molar-refractivity contribution in [3.05, 3.63) is 23.5 Å². The second kappa shape index (κ2) is 4.28. The molecule has 0 aliphatic carbocycles. The lowest BCUT2D eigenvalue weighted by atomic mass is 10.0. The van der Waals surface area contributed by atoms with Crippen LogP contribution in [0.15, 0.2) is 12.1 Å². The summed E-state index contributed by atoms with van der Waals surface area (Å²) in [6.45, 7) is 1.56. The summed E-state index contributed by atoms with van der Waals surface area (Å²) < 4.78 is 17.9. The largest absolute Gasteiger partial charge is 0.508 e. The first-order valence-electron chi connectivity index (χ1n) is 4.27. The lowest BCUT2D eigenvalue weighted by Crippen LogP contribution is -2.01. The fourth-order valence-electron chi connectivity index (χ4n) is 1.21. The van der Waals surface area contributed by atoms with Crippen molar-refractivity contribution in [2.45, 2.75) is 12.8 Å². The maximum absolute atomic E-state index is 13.2. The summed E-state index contributed by atoms with van der Waals surface area (Å²) in [7, 11) is 1.33.